The van der Waals surface area contributed by atoms with Gasteiger partial charge in [0.05, 0.1) is 48.0 Å². The minimum atomic E-state index is -0.373. The Hall–Kier alpha value is -5.28. The molecule has 2 N–H and O–H groups in total. The predicted molar refractivity (Wildman–Crippen MR) is 170 cm³/mol. The van der Waals surface area contributed by atoms with Crippen LogP contribution in [0.4, 0.5) is 22.9 Å². The minimum absolute atomic E-state index is 0.0622. The Morgan fingerprint density at radius 2 is 1.63 bits per heavy atom. The molecule has 0 unspecified atom stereocenters. The molecule has 2 aliphatic heterocycles. The van der Waals surface area contributed by atoms with Crippen molar-refractivity contribution in [3.8, 4) is 22.9 Å². The number of nitrogens with zero attached hydrogens (tertiary/aromatic N) is 5. The van der Waals surface area contributed by atoms with Crippen molar-refractivity contribution >= 4 is 46.2 Å². The summed E-state index contributed by atoms with van der Waals surface area (Å²) < 4.78 is 12.7. The second kappa shape index (κ2) is 10.5. The van der Waals surface area contributed by atoms with Crippen LogP contribution in [-0.2, 0) is 0 Å². The number of hydrogen-bond acceptors (Lipinski definition) is 8. The number of fused-ring (bicyclic) bond motifs is 4. The van der Waals surface area contributed by atoms with Crippen molar-refractivity contribution in [3.05, 3.63) is 113 Å². The topological polar surface area (TPSA) is 96.5 Å². The van der Waals surface area contributed by atoms with Crippen molar-refractivity contribution in [2.45, 2.75) is 13.0 Å². The molecule has 0 aliphatic carbocycles. The molecule has 10 heteroatoms. The SMILES string of the molecule is COc1cc([C@@H]2c3c(C)nn(-c4ccccc4)c3N=C3C(Nc4ccc(OC)c(Cl)c4)=Nc4ccccc4N32)ccc1O. The van der Waals surface area contributed by atoms with Crippen LogP contribution < -0.4 is 19.7 Å². The Morgan fingerprint density at radius 3 is 2.40 bits per heavy atom. The fourth-order valence-corrected chi connectivity index (χ4v) is 5.87. The normalized spacial score (nSPS) is 15.1. The molecule has 2 aliphatic rings. The van der Waals surface area contributed by atoms with Gasteiger partial charge in [0.25, 0.3) is 0 Å². The monoisotopic (exact) mass is 590 g/mol. The Bertz CT molecular complexity index is 1930. The molecule has 214 valence electrons. The van der Waals surface area contributed by atoms with E-state index in [1.54, 1.807) is 32.4 Å². The molecular weight excluding hydrogens is 564 g/mol. The number of nitrogens with one attached hydrogen (secondary N) is 1. The number of aromatic hydroxyl groups is 1. The van der Waals surface area contributed by atoms with Crippen molar-refractivity contribution in [1.29, 1.82) is 0 Å². The summed E-state index contributed by atoms with van der Waals surface area (Å²) in [6, 6.07) is 28.4. The van der Waals surface area contributed by atoms with Crippen LogP contribution in [0.1, 0.15) is 22.9 Å². The predicted octanol–water partition coefficient (Wildman–Crippen LogP) is 7.35. The van der Waals surface area contributed by atoms with Gasteiger partial charge in [-0.25, -0.2) is 14.7 Å². The molecule has 1 aromatic heterocycles. The van der Waals surface area contributed by atoms with E-state index in [1.165, 1.54) is 0 Å². The number of aromatic nitrogens is 2. The summed E-state index contributed by atoms with van der Waals surface area (Å²) in [6.07, 6.45) is 0. The van der Waals surface area contributed by atoms with Gasteiger partial charge in [-0.1, -0.05) is 48.0 Å². The van der Waals surface area contributed by atoms with Gasteiger partial charge in [-0.15, -0.1) is 0 Å². The van der Waals surface area contributed by atoms with Crippen molar-refractivity contribution in [2.75, 3.05) is 24.4 Å². The smallest absolute Gasteiger partial charge is 0.179 e. The summed E-state index contributed by atoms with van der Waals surface area (Å²) in [6.45, 7) is 1.99. The summed E-state index contributed by atoms with van der Waals surface area (Å²) in [7, 11) is 3.13. The number of para-hydroxylation sites is 3. The molecule has 1 atom stereocenters. The van der Waals surface area contributed by atoms with E-state index in [2.05, 4.69) is 10.2 Å². The third kappa shape index (κ3) is 4.45. The van der Waals surface area contributed by atoms with E-state index in [4.69, 9.17) is 36.2 Å². The third-order valence-electron chi connectivity index (χ3n) is 7.57. The van der Waals surface area contributed by atoms with Crippen LogP contribution in [0.15, 0.2) is 101 Å². The van der Waals surface area contributed by atoms with Crippen LogP contribution >= 0.6 is 11.6 Å². The molecule has 0 fully saturated rings. The molecule has 0 spiro atoms. The number of rotatable bonds is 5. The summed E-state index contributed by atoms with van der Waals surface area (Å²) >= 11 is 6.48. The van der Waals surface area contributed by atoms with E-state index in [9.17, 15) is 5.11 Å². The number of phenolic OH excluding ortho intramolecular Hbond substituents is 1. The van der Waals surface area contributed by atoms with Crippen LogP contribution in [0.2, 0.25) is 5.02 Å². The third-order valence-corrected chi connectivity index (χ3v) is 7.87. The first-order valence-electron chi connectivity index (χ1n) is 13.6. The summed E-state index contributed by atoms with van der Waals surface area (Å²) in [5, 5.41) is 19.4. The molecule has 3 heterocycles. The number of methoxy groups -OCH3 is 2. The lowest BCUT2D eigenvalue weighted by molar-refractivity contribution is 0.372. The van der Waals surface area contributed by atoms with Gasteiger partial charge in [-0.3, -0.25) is 0 Å². The van der Waals surface area contributed by atoms with Crippen LogP contribution in [0.25, 0.3) is 5.69 Å². The van der Waals surface area contributed by atoms with Gasteiger partial charge in [0.15, 0.2) is 29.0 Å². The minimum Gasteiger partial charge on any atom is -0.504 e. The van der Waals surface area contributed by atoms with E-state index in [0.29, 0.717) is 34.0 Å². The first-order valence-corrected chi connectivity index (χ1v) is 14.0. The lowest BCUT2D eigenvalue weighted by atomic mass is 9.93. The lowest BCUT2D eigenvalue weighted by Gasteiger charge is -2.40. The van der Waals surface area contributed by atoms with E-state index in [0.717, 1.165) is 39.6 Å². The van der Waals surface area contributed by atoms with Crippen molar-refractivity contribution in [3.63, 3.8) is 0 Å². The maximum absolute atomic E-state index is 10.5. The fraction of sp³-hybridized carbons (Fsp3) is 0.121. The summed E-state index contributed by atoms with van der Waals surface area (Å²) in [5.41, 5.74) is 5.93. The average molecular weight is 591 g/mol. The van der Waals surface area contributed by atoms with Crippen LogP contribution in [0.3, 0.4) is 0 Å². The number of anilines is 2. The second-order valence-corrected chi connectivity index (χ2v) is 10.5. The highest BCUT2D eigenvalue weighted by Gasteiger charge is 2.41. The number of amidine groups is 2. The number of benzene rings is 4. The Morgan fingerprint density at radius 1 is 0.860 bits per heavy atom. The first kappa shape index (κ1) is 26.6. The number of aliphatic imine (C=N–C) groups is 2. The molecular formula is C33H27ClN6O3. The highest BCUT2D eigenvalue weighted by Crippen LogP contribution is 2.49. The zero-order valence-electron chi connectivity index (χ0n) is 23.6. The molecule has 5 aromatic rings. The fourth-order valence-electron chi connectivity index (χ4n) is 5.61. The van der Waals surface area contributed by atoms with E-state index in [1.807, 2.05) is 84.4 Å². The Balaban J connectivity index is 1.48. The molecule has 0 saturated carbocycles. The van der Waals surface area contributed by atoms with Gasteiger partial charge >= 0.3 is 0 Å². The zero-order valence-corrected chi connectivity index (χ0v) is 24.4. The van der Waals surface area contributed by atoms with Crippen molar-refractivity contribution in [1.82, 2.24) is 9.78 Å². The first-order chi connectivity index (χ1) is 21.0. The molecule has 43 heavy (non-hydrogen) atoms. The second-order valence-electron chi connectivity index (χ2n) is 10.1. The molecule has 4 aromatic carbocycles. The van der Waals surface area contributed by atoms with E-state index >= 15 is 0 Å². The molecule has 0 saturated heterocycles. The largest absolute Gasteiger partial charge is 0.504 e. The van der Waals surface area contributed by atoms with Crippen molar-refractivity contribution < 1.29 is 14.6 Å². The zero-order chi connectivity index (χ0) is 29.7. The molecule has 0 radical (unpaired) electrons. The van der Waals surface area contributed by atoms with Gasteiger partial charge < -0.3 is 24.8 Å². The van der Waals surface area contributed by atoms with Gasteiger partial charge in [0.1, 0.15) is 5.75 Å². The lowest BCUT2D eigenvalue weighted by Crippen LogP contribution is -2.46. The Labute approximate surface area is 253 Å². The highest BCUT2D eigenvalue weighted by molar-refractivity contribution is 6.51. The Kier molecular flexibility index (Phi) is 6.51. The average Bonchev–Trinajstić information content (AvgIpc) is 3.36. The maximum Gasteiger partial charge on any atom is 0.179 e. The molecule has 0 amide bonds. The number of phenols is 1. The van der Waals surface area contributed by atoms with Crippen molar-refractivity contribution in [2.24, 2.45) is 9.98 Å². The standard InChI is InChI=1S/C33H27ClN6O3/c1-19-29-30(20-13-15-26(41)28(17-20)43-3)39-25-12-8-7-11-24(25)36-31(35-21-14-16-27(42-2)23(34)18-21)33(39)37-32(29)40(38-19)22-9-5-4-6-10-22/h4-18,30,41H,1-3H3,(H,35,36)/t30-/m1/s1. The van der Waals surface area contributed by atoms with E-state index < -0.39 is 0 Å². The van der Waals surface area contributed by atoms with Gasteiger partial charge in [0, 0.05) is 11.3 Å². The molecule has 9 nitrogen and oxygen atoms in total. The quantitative estimate of drug-likeness (QED) is 0.222. The van der Waals surface area contributed by atoms with Gasteiger partial charge in [-0.2, -0.15) is 5.10 Å². The highest BCUT2D eigenvalue weighted by atomic mass is 35.5. The van der Waals surface area contributed by atoms with Gasteiger partial charge in [0.2, 0.25) is 0 Å². The summed E-state index contributed by atoms with van der Waals surface area (Å²) in [4.78, 5) is 12.4. The van der Waals surface area contributed by atoms with E-state index in [-0.39, 0.29) is 11.8 Å². The number of halogens is 1. The van der Waals surface area contributed by atoms with Crippen LogP contribution in [0, 0.1) is 6.92 Å². The van der Waals surface area contributed by atoms with Gasteiger partial charge in [-0.05, 0) is 67.1 Å². The summed E-state index contributed by atoms with van der Waals surface area (Å²) in [5.74, 6) is 2.85. The molecule has 0 bridgehead atoms. The number of ether oxygens (including phenoxy) is 2. The number of aryl methyl sites for hydroxylation is 1. The molecule has 7 rings (SSSR count). The van der Waals surface area contributed by atoms with Crippen LogP contribution in [-0.4, -0.2) is 40.8 Å². The van der Waals surface area contributed by atoms with Crippen LogP contribution in [0.5, 0.6) is 17.2 Å². The number of hydrogen-bond donors (Lipinski definition) is 2. The maximum atomic E-state index is 10.5.